The molecule has 1 fully saturated rings. The summed E-state index contributed by atoms with van der Waals surface area (Å²) in [6.45, 7) is 5.31. The van der Waals surface area contributed by atoms with Gasteiger partial charge in [-0.05, 0) is 24.9 Å². The Hall–Kier alpha value is -3.32. The molecule has 1 atom stereocenters. The van der Waals surface area contributed by atoms with E-state index in [0.717, 1.165) is 52.7 Å². The molecule has 1 aliphatic rings. The fraction of sp³-hybridized carbons (Fsp3) is 0.304. The third kappa shape index (κ3) is 3.64. The van der Waals surface area contributed by atoms with Gasteiger partial charge in [-0.25, -0.2) is 19.9 Å². The Balaban J connectivity index is 1.32. The minimum absolute atomic E-state index is 0.323. The van der Waals surface area contributed by atoms with E-state index in [4.69, 9.17) is 0 Å². The quantitative estimate of drug-likeness (QED) is 0.460. The van der Waals surface area contributed by atoms with Crippen molar-refractivity contribution < 1.29 is 0 Å². The minimum Gasteiger partial charge on any atom is -0.342 e. The van der Waals surface area contributed by atoms with Crippen LogP contribution in [0.3, 0.4) is 0 Å². The molecule has 3 N–H and O–H groups in total. The van der Waals surface area contributed by atoms with Crippen LogP contribution in [0.15, 0.2) is 49.1 Å². The van der Waals surface area contributed by atoms with Gasteiger partial charge >= 0.3 is 0 Å². The molecule has 0 radical (unpaired) electrons. The molecule has 3 aromatic heterocycles. The number of nitrogens with zero attached hydrogens (tertiary/aromatic N) is 4. The number of hydrogen-bond donors (Lipinski definition) is 3. The topological polar surface area (TPSA) is 95.2 Å². The van der Waals surface area contributed by atoms with Crippen molar-refractivity contribution in [3.05, 3.63) is 60.7 Å². The molecule has 4 heterocycles. The van der Waals surface area contributed by atoms with Crippen LogP contribution >= 0.6 is 0 Å². The highest BCUT2D eigenvalue weighted by molar-refractivity contribution is 5.66. The van der Waals surface area contributed by atoms with Crippen molar-refractivity contribution in [2.24, 2.45) is 0 Å². The molecule has 30 heavy (non-hydrogen) atoms. The van der Waals surface area contributed by atoms with Crippen molar-refractivity contribution in [2.45, 2.75) is 38.6 Å². The third-order valence-electron chi connectivity index (χ3n) is 5.55. The maximum Gasteiger partial charge on any atom is 0.159 e. The van der Waals surface area contributed by atoms with Crippen molar-refractivity contribution in [1.82, 2.24) is 35.2 Å². The molecule has 0 aliphatic carbocycles. The first-order valence-corrected chi connectivity index (χ1v) is 10.4. The average molecular weight is 400 g/mol. The molecular weight excluding hydrogens is 374 g/mol. The van der Waals surface area contributed by atoms with Crippen molar-refractivity contribution in [2.75, 3.05) is 6.54 Å². The SMILES string of the molecule is CC(C)c1ncc(-c2ccc(-c3ncc(-c4cnc([C@@H]5CCCN5)[nH]4)cn3)cc2)[nH]1. The summed E-state index contributed by atoms with van der Waals surface area (Å²) >= 11 is 0. The van der Waals surface area contributed by atoms with Gasteiger partial charge in [0.25, 0.3) is 0 Å². The largest absolute Gasteiger partial charge is 0.342 e. The Morgan fingerprint density at radius 3 is 2.17 bits per heavy atom. The van der Waals surface area contributed by atoms with E-state index >= 15 is 0 Å². The molecule has 4 aromatic rings. The zero-order valence-corrected chi connectivity index (χ0v) is 17.2. The molecule has 0 spiro atoms. The lowest BCUT2D eigenvalue weighted by atomic mass is 10.1. The van der Waals surface area contributed by atoms with E-state index in [1.807, 2.05) is 36.9 Å². The Labute approximate surface area is 175 Å². The lowest BCUT2D eigenvalue weighted by Gasteiger charge is -2.06. The highest BCUT2D eigenvalue weighted by atomic mass is 15.0. The van der Waals surface area contributed by atoms with E-state index in [1.165, 1.54) is 6.42 Å². The summed E-state index contributed by atoms with van der Waals surface area (Å²) in [5.41, 5.74) is 4.98. The summed E-state index contributed by atoms with van der Waals surface area (Å²) in [6, 6.07) is 8.55. The van der Waals surface area contributed by atoms with Gasteiger partial charge in [-0.2, -0.15) is 0 Å². The van der Waals surface area contributed by atoms with Crippen LogP contribution < -0.4 is 5.32 Å². The molecule has 0 unspecified atom stereocenters. The second kappa shape index (κ2) is 7.84. The number of rotatable bonds is 5. The van der Waals surface area contributed by atoms with Crippen LogP contribution in [0, 0.1) is 0 Å². The number of aromatic nitrogens is 6. The van der Waals surface area contributed by atoms with Crippen molar-refractivity contribution in [3.63, 3.8) is 0 Å². The molecule has 0 amide bonds. The van der Waals surface area contributed by atoms with E-state index in [1.54, 1.807) is 0 Å². The third-order valence-corrected chi connectivity index (χ3v) is 5.55. The van der Waals surface area contributed by atoms with Gasteiger partial charge < -0.3 is 15.3 Å². The maximum absolute atomic E-state index is 4.57. The van der Waals surface area contributed by atoms with Gasteiger partial charge in [-0.15, -0.1) is 0 Å². The molecule has 7 heteroatoms. The lowest BCUT2D eigenvalue weighted by molar-refractivity contribution is 0.613. The first kappa shape index (κ1) is 18.7. The molecule has 0 bridgehead atoms. The van der Waals surface area contributed by atoms with E-state index < -0.39 is 0 Å². The standard InChI is InChI=1S/C23H25N7/c1-14(2)21-27-12-19(29-21)15-5-7-16(8-6-15)22-25-10-17(11-26-22)20-13-28-23(30-20)18-4-3-9-24-18/h5-8,10-14,18,24H,3-4,9H2,1-2H3,(H,27,29)(H,28,30)/t18-/m0/s1. The van der Waals surface area contributed by atoms with Crippen molar-refractivity contribution in [3.8, 4) is 33.9 Å². The van der Waals surface area contributed by atoms with Gasteiger partial charge in [0.05, 0.1) is 29.8 Å². The summed E-state index contributed by atoms with van der Waals surface area (Å²) in [6.07, 6.45) is 9.75. The van der Waals surface area contributed by atoms with Crippen LogP contribution in [0.2, 0.25) is 0 Å². The molecule has 1 aromatic carbocycles. The van der Waals surface area contributed by atoms with E-state index in [2.05, 4.69) is 61.2 Å². The smallest absolute Gasteiger partial charge is 0.159 e. The van der Waals surface area contributed by atoms with Gasteiger partial charge in [0.15, 0.2) is 5.82 Å². The highest BCUT2D eigenvalue weighted by Crippen LogP contribution is 2.26. The Bertz CT molecular complexity index is 1120. The molecule has 0 saturated carbocycles. The normalized spacial score (nSPS) is 16.4. The van der Waals surface area contributed by atoms with Crippen LogP contribution in [0.4, 0.5) is 0 Å². The molecule has 1 aliphatic heterocycles. The summed E-state index contributed by atoms with van der Waals surface area (Å²) in [4.78, 5) is 24.9. The van der Waals surface area contributed by atoms with Gasteiger partial charge in [-0.1, -0.05) is 38.1 Å². The lowest BCUT2D eigenvalue weighted by Crippen LogP contribution is -2.14. The number of H-pyrrole nitrogens is 2. The summed E-state index contributed by atoms with van der Waals surface area (Å²) in [7, 11) is 0. The zero-order valence-electron chi connectivity index (χ0n) is 17.2. The fourth-order valence-electron chi connectivity index (χ4n) is 3.77. The van der Waals surface area contributed by atoms with Crippen LogP contribution in [-0.4, -0.2) is 36.4 Å². The Morgan fingerprint density at radius 2 is 1.50 bits per heavy atom. The Kier molecular flexibility index (Phi) is 4.88. The minimum atomic E-state index is 0.323. The summed E-state index contributed by atoms with van der Waals surface area (Å²) in [5, 5.41) is 3.46. The zero-order chi connectivity index (χ0) is 20.5. The monoisotopic (exact) mass is 399 g/mol. The molecule has 5 rings (SSSR count). The predicted molar refractivity (Wildman–Crippen MR) is 117 cm³/mol. The van der Waals surface area contributed by atoms with E-state index in [-0.39, 0.29) is 0 Å². The maximum atomic E-state index is 4.57. The van der Waals surface area contributed by atoms with E-state index in [9.17, 15) is 0 Å². The van der Waals surface area contributed by atoms with Crippen LogP contribution in [0.1, 0.15) is 50.3 Å². The number of benzene rings is 1. The van der Waals surface area contributed by atoms with Crippen LogP contribution in [0.25, 0.3) is 33.9 Å². The molecule has 1 saturated heterocycles. The first-order valence-electron chi connectivity index (χ1n) is 10.4. The van der Waals surface area contributed by atoms with Crippen molar-refractivity contribution in [1.29, 1.82) is 0 Å². The van der Waals surface area contributed by atoms with Gasteiger partial charge in [0.2, 0.25) is 0 Å². The number of aromatic amines is 2. The van der Waals surface area contributed by atoms with Crippen molar-refractivity contribution >= 4 is 0 Å². The van der Waals surface area contributed by atoms with E-state index in [0.29, 0.717) is 17.8 Å². The first-order chi connectivity index (χ1) is 14.7. The number of hydrogen-bond acceptors (Lipinski definition) is 5. The van der Waals surface area contributed by atoms with Crippen LogP contribution in [0.5, 0.6) is 0 Å². The fourth-order valence-corrected chi connectivity index (χ4v) is 3.77. The summed E-state index contributed by atoms with van der Waals surface area (Å²) in [5.74, 6) is 3.07. The van der Waals surface area contributed by atoms with Gasteiger partial charge in [0.1, 0.15) is 11.6 Å². The highest BCUT2D eigenvalue weighted by Gasteiger charge is 2.19. The number of imidazole rings is 2. The summed E-state index contributed by atoms with van der Waals surface area (Å²) < 4.78 is 0. The predicted octanol–water partition coefficient (Wildman–Crippen LogP) is 4.47. The molecule has 152 valence electrons. The molecule has 7 nitrogen and oxygen atoms in total. The Morgan fingerprint density at radius 1 is 0.800 bits per heavy atom. The number of nitrogens with one attached hydrogen (secondary N) is 3. The van der Waals surface area contributed by atoms with Crippen LogP contribution in [-0.2, 0) is 0 Å². The molecular formula is C23H25N7. The van der Waals surface area contributed by atoms with Gasteiger partial charge in [0, 0.05) is 29.4 Å². The second-order valence-corrected chi connectivity index (χ2v) is 8.04. The van der Waals surface area contributed by atoms with Gasteiger partial charge in [-0.3, -0.25) is 0 Å². The second-order valence-electron chi connectivity index (χ2n) is 8.04. The average Bonchev–Trinajstić information content (AvgIpc) is 3.55.